The fourth-order valence-corrected chi connectivity index (χ4v) is 3.29. The average molecular weight is 394 g/mol. The second-order valence-electron chi connectivity index (χ2n) is 7.09. The number of amides is 1. The van der Waals surface area contributed by atoms with Gasteiger partial charge in [-0.3, -0.25) is 4.79 Å². The fraction of sp³-hybridized carbons (Fsp3) is 0.0800. The minimum absolute atomic E-state index is 0.228. The fourth-order valence-electron chi connectivity index (χ4n) is 3.29. The van der Waals surface area contributed by atoms with Gasteiger partial charge < -0.3 is 11.1 Å². The third-order valence-corrected chi connectivity index (χ3v) is 4.72. The van der Waals surface area contributed by atoms with E-state index in [9.17, 15) is 4.79 Å². The van der Waals surface area contributed by atoms with Crippen LogP contribution in [0.25, 0.3) is 11.3 Å². The molecule has 5 nitrogen and oxygen atoms in total. The molecule has 5 heteroatoms. The summed E-state index contributed by atoms with van der Waals surface area (Å²) in [7, 11) is 0. The molecule has 0 saturated heterocycles. The molecular weight excluding hydrogens is 372 g/mol. The molecule has 30 heavy (non-hydrogen) atoms. The van der Waals surface area contributed by atoms with Gasteiger partial charge in [0.15, 0.2) is 0 Å². The molecule has 1 amide bonds. The Morgan fingerprint density at radius 1 is 0.833 bits per heavy atom. The highest BCUT2D eigenvalue weighted by atomic mass is 16.1. The average Bonchev–Trinajstić information content (AvgIpc) is 2.76. The summed E-state index contributed by atoms with van der Waals surface area (Å²) in [6.45, 7) is 0. The van der Waals surface area contributed by atoms with Gasteiger partial charge in [-0.25, -0.2) is 9.97 Å². The molecular formula is C25H22N4O. The quantitative estimate of drug-likeness (QED) is 0.483. The van der Waals surface area contributed by atoms with E-state index in [4.69, 9.17) is 5.73 Å². The van der Waals surface area contributed by atoms with Crippen LogP contribution < -0.4 is 11.1 Å². The van der Waals surface area contributed by atoms with Gasteiger partial charge in [-0.15, -0.1) is 0 Å². The van der Waals surface area contributed by atoms with Crippen molar-refractivity contribution in [1.29, 1.82) is 0 Å². The number of rotatable bonds is 7. The van der Waals surface area contributed by atoms with Crippen LogP contribution in [0.1, 0.15) is 16.7 Å². The highest BCUT2D eigenvalue weighted by molar-refractivity contribution is 5.76. The van der Waals surface area contributed by atoms with E-state index in [1.165, 1.54) is 11.1 Å². The van der Waals surface area contributed by atoms with Gasteiger partial charge >= 0.3 is 0 Å². The molecule has 3 aromatic carbocycles. The maximum absolute atomic E-state index is 11.0. The standard InChI is InChI=1S/C25H22N4O/c26-24(30)17-19-9-11-22(12-10-19)28-25-27-14-13-23(29-25)21-8-4-7-20(16-21)15-18-5-2-1-3-6-18/h1-14,16H,15,17H2,(H2,26,30)(H,27,28,29). The molecule has 4 rings (SSSR count). The van der Waals surface area contributed by atoms with Crippen molar-refractivity contribution >= 4 is 17.5 Å². The summed E-state index contributed by atoms with van der Waals surface area (Å²) in [5.41, 5.74) is 11.4. The number of carbonyl (C=O) groups excluding carboxylic acids is 1. The second kappa shape index (κ2) is 9.01. The van der Waals surface area contributed by atoms with E-state index in [2.05, 4.69) is 63.8 Å². The largest absolute Gasteiger partial charge is 0.369 e. The van der Waals surface area contributed by atoms with Gasteiger partial charge in [0, 0.05) is 17.4 Å². The number of carbonyl (C=O) groups is 1. The van der Waals surface area contributed by atoms with Gasteiger partial charge in [0.1, 0.15) is 0 Å². The first-order valence-electron chi connectivity index (χ1n) is 9.76. The van der Waals surface area contributed by atoms with Crippen LogP contribution in [0.2, 0.25) is 0 Å². The lowest BCUT2D eigenvalue weighted by Crippen LogP contribution is -2.13. The number of anilines is 2. The van der Waals surface area contributed by atoms with Crippen LogP contribution in [0, 0.1) is 0 Å². The van der Waals surface area contributed by atoms with Crippen molar-refractivity contribution in [2.24, 2.45) is 5.73 Å². The lowest BCUT2D eigenvalue weighted by molar-refractivity contribution is -0.117. The van der Waals surface area contributed by atoms with Crippen LogP contribution in [0.4, 0.5) is 11.6 Å². The van der Waals surface area contributed by atoms with Crippen LogP contribution in [-0.2, 0) is 17.6 Å². The Kier molecular flexibility index (Phi) is 5.80. The van der Waals surface area contributed by atoms with Gasteiger partial charge in [0.05, 0.1) is 12.1 Å². The first-order chi connectivity index (χ1) is 14.7. The Balaban J connectivity index is 1.50. The molecule has 0 unspecified atom stereocenters. The summed E-state index contributed by atoms with van der Waals surface area (Å²) < 4.78 is 0. The van der Waals surface area contributed by atoms with Gasteiger partial charge in [-0.05, 0) is 47.4 Å². The van der Waals surface area contributed by atoms with E-state index in [1.54, 1.807) is 6.20 Å². The molecule has 0 radical (unpaired) electrons. The molecule has 3 N–H and O–H groups in total. The van der Waals surface area contributed by atoms with Crippen molar-refractivity contribution in [3.8, 4) is 11.3 Å². The molecule has 0 fully saturated rings. The van der Waals surface area contributed by atoms with Gasteiger partial charge in [-0.1, -0.05) is 60.7 Å². The Hall–Kier alpha value is -3.99. The van der Waals surface area contributed by atoms with Gasteiger partial charge in [-0.2, -0.15) is 0 Å². The monoisotopic (exact) mass is 394 g/mol. The number of nitrogens with one attached hydrogen (secondary N) is 1. The summed E-state index contributed by atoms with van der Waals surface area (Å²) in [5, 5.41) is 3.21. The smallest absolute Gasteiger partial charge is 0.227 e. The first kappa shape index (κ1) is 19.3. The van der Waals surface area contributed by atoms with E-state index in [-0.39, 0.29) is 12.3 Å². The summed E-state index contributed by atoms with van der Waals surface area (Å²) in [6.07, 6.45) is 2.85. The number of hydrogen-bond donors (Lipinski definition) is 2. The Bertz CT molecular complexity index is 1140. The summed E-state index contributed by atoms with van der Waals surface area (Å²) in [4.78, 5) is 20.0. The van der Waals surface area contributed by atoms with E-state index in [1.807, 2.05) is 36.4 Å². The van der Waals surface area contributed by atoms with Crippen LogP contribution in [0.5, 0.6) is 0 Å². The zero-order chi connectivity index (χ0) is 20.8. The molecule has 1 aromatic heterocycles. The second-order valence-corrected chi connectivity index (χ2v) is 7.09. The molecule has 0 atom stereocenters. The number of nitrogens with two attached hydrogens (primary N) is 1. The van der Waals surface area contributed by atoms with Crippen LogP contribution in [0.15, 0.2) is 91.1 Å². The number of benzene rings is 3. The molecule has 0 aliphatic rings. The van der Waals surface area contributed by atoms with Crippen molar-refractivity contribution in [1.82, 2.24) is 9.97 Å². The van der Waals surface area contributed by atoms with E-state index < -0.39 is 0 Å². The molecule has 0 bridgehead atoms. The number of hydrogen-bond acceptors (Lipinski definition) is 4. The van der Waals surface area contributed by atoms with Crippen LogP contribution in [0.3, 0.4) is 0 Å². The number of primary amides is 1. The predicted molar refractivity (Wildman–Crippen MR) is 119 cm³/mol. The number of nitrogens with zero attached hydrogens (tertiary/aromatic N) is 2. The Morgan fingerprint density at radius 2 is 1.60 bits per heavy atom. The lowest BCUT2D eigenvalue weighted by atomic mass is 10.0. The SMILES string of the molecule is NC(=O)Cc1ccc(Nc2nccc(-c3cccc(Cc4ccccc4)c3)n2)cc1. The minimum Gasteiger partial charge on any atom is -0.369 e. The summed E-state index contributed by atoms with van der Waals surface area (Å²) in [6, 6.07) is 28.2. The molecule has 148 valence electrons. The zero-order valence-electron chi connectivity index (χ0n) is 16.5. The van der Waals surface area contributed by atoms with Crippen molar-refractivity contribution in [3.05, 3.63) is 108 Å². The normalized spacial score (nSPS) is 10.5. The molecule has 0 aliphatic heterocycles. The summed E-state index contributed by atoms with van der Waals surface area (Å²) in [5.74, 6) is 0.171. The van der Waals surface area contributed by atoms with E-state index in [0.717, 1.165) is 28.9 Å². The van der Waals surface area contributed by atoms with Gasteiger partial charge in [0.2, 0.25) is 11.9 Å². The van der Waals surface area contributed by atoms with Crippen LogP contribution in [-0.4, -0.2) is 15.9 Å². The topological polar surface area (TPSA) is 80.9 Å². The highest BCUT2D eigenvalue weighted by Gasteiger charge is 2.05. The van der Waals surface area contributed by atoms with Crippen molar-refractivity contribution in [2.45, 2.75) is 12.8 Å². The molecule has 0 aliphatic carbocycles. The lowest BCUT2D eigenvalue weighted by Gasteiger charge is -2.09. The maximum Gasteiger partial charge on any atom is 0.227 e. The molecule has 0 saturated carbocycles. The van der Waals surface area contributed by atoms with Crippen LogP contribution >= 0.6 is 0 Å². The zero-order valence-corrected chi connectivity index (χ0v) is 16.5. The van der Waals surface area contributed by atoms with E-state index >= 15 is 0 Å². The van der Waals surface area contributed by atoms with Crippen molar-refractivity contribution < 1.29 is 4.79 Å². The summed E-state index contributed by atoms with van der Waals surface area (Å²) >= 11 is 0. The molecule has 1 heterocycles. The van der Waals surface area contributed by atoms with Crippen molar-refractivity contribution in [2.75, 3.05) is 5.32 Å². The highest BCUT2D eigenvalue weighted by Crippen LogP contribution is 2.22. The minimum atomic E-state index is -0.346. The molecule has 0 spiro atoms. The Labute approximate surface area is 175 Å². The maximum atomic E-state index is 11.0. The Morgan fingerprint density at radius 3 is 2.37 bits per heavy atom. The van der Waals surface area contributed by atoms with Gasteiger partial charge in [0.25, 0.3) is 0 Å². The van der Waals surface area contributed by atoms with E-state index in [0.29, 0.717) is 5.95 Å². The van der Waals surface area contributed by atoms with Crippen molar-refractivity contribution in [3.63, 3.8) is 0 Å². The number of aromatic nitrogens is 2. The third-order valence-electron chi connectivity index (χ3n) is 4.72. The third kappa shape index (κ3) is 5.08. The first-order valence-corrected chi connectivity index (χ1v) is 9.76. The predicted octanol–water partition coefficient (Wildman–Crippen LogP) is 4.51. The molecule has 4 aromatic rings.